The molecule has 3 rings (SSSR count). The highest BCUT2D eigenvalue weighted by Crippen LogP contribution is 2.37. The van der Waals surface area contributed by atoms with Crippen LogP contribution in [0.5, 0.6) is 0 Å². The summed E-state index contributed by atoms with van der Waals surface area (Å²) in [7, 11) is 0. The van der Waals surface area contributed by atoms with Gasteiger partial charge in [-0.25, -0.2) is 0 Å². The van der Waals surface area contributed by atoms with Crippen LogP contribution in [0.2, 0.25) is 0 Å². The molecule has 1 saturated heterocycles. The van der Waals surface area contributed by atoms with E-state index in [0.29, 0.717) is 18.1 Å². The second kappa shape index (κ2) is 7.96. The van der Waals surface area contributed by atoms with Gasteiger partial charge in [0.25, 0.3) is 0 Å². The van der Waals surface area contributed by atoms with Crippen molar-refractivity contribution in [3.05, 3.63) is 23.8 Å². The maximum atomic E-state index is 10.0. The third-order valence-electron chi connectivity index (χ3n) is 6.22. The molecule has 23 heavy (non-hydrogen) atoms. The Morgan fingerprint density at radius 2 is 1.96 bits per heavy atom. The lowest BCUT2D eigenvalue weighted by Crippen LogP contribution is -2.44. The average molecular weight is 319 g/mol. The Kier molecular flexibility index (Phi) is 5.95. The van der Waals surface area contributed by atoms with Gasteiger partial charge in [-0.05, 0) is 56.9 Å². The van der Waals surface area contributed by atoms with Gasteiger partial charge in [-0.1, -0.05) is 37.6 Å². The first-order chi connectivity index (χ1) is 11.1. The number of allylic oxidation sites excluding steroid dienone is 2. The summed E-state index contributed by atoms with van der Waals surface area (Å²) in [6.07, 6.45) is 13.7. The molecule has 2 aliphatic carbocycles. The summed E-state index contributed by atoms with van der Waals surface area (Å²) in [5, 5.41) is 13.6. The van der Waals surface area contributed by atoms with Gasteiger partial charge in [-0.15, -0.1) is 0 Å². The van der Waals surface area contributed by atoms with Crippen LogP contribution in [0.1, 0.15) is 52.4 Å². The maximum Gasteiger partial charge on any atom is 0.0786 e. The number of rotatable bonds is 4. The van der Waals surface area contributed by atoms with Gasteiger partial charge in [0, 0.05) is 12.0 Å². The molecule has 1 aliphatic heterocycles. The lowest BCUT2D eigenvalue weighted by atomic mass is 9.75. The number of aliphatic hydroxyl groups excluding tert-OH is 1. The number of hydrogen-bond acceptors (Lipinski definition) is 3. The lowest BCUT2D eigenvalue weighted by Gasteiger charge is -2.36. The molecule has 2 N–H and O–H groups in total. The molecule has 3 nitrogen and oxygen atoms in total. The molecule has 0 aromatic carbocycles. The molecule has 130 valence electrons. The summed E-state index contributed by atoms with van der Waals surface area (Å²) in [5.74, 6) is 1.65. The highest BCUT2D eigenvalue weighted by Gasteiger charge is 2.30. The van der Waals surface area contributed by atoms with Gasteiger partial charge in [0.15, 0.2) is 0 Å². The standard InChI is InChI=1S/C20H33NO2/c1-14-5-4-12-21-19(14)13-23-17-10-8-16(9-11-17)18-6-3-7-20(22)15(18)2/h3,6-7,14-17,19-22H,4-5,8-13H2,1-2H3. The molecule has 0 bridgehead atoms. The second-order valence-corrected chi connectivity index (χ2v) is 7.82. The Bertz CT molecular complexity index is 437. The van der Waals surface area contributed by atoms with E-state index >= 15 is 0 Å². The van der Waals surface area contributed by atoms with E-state index in [4.69, 9.17) is 4.74 Å². The molecule has 0 aromatic heterocycles. The third-order valence-corrected chi connectivity index (χ3v) is 6.22. The normalized spacial score (nSPS) is 41.6. The molecule has 4 unspecified atom stereocenters. The molecule has 0 radical (unpaired) electrons. The Morgan fingerprint density at radius 3 is 2.70 bits per heavy atom. The first-order valence-corrected chi connectivity index (χ1v) is 9.56. The monoisotopic (exact) mass is 319 g/mol. The fraction of sp³-hybridized carbons (Fsp3) is 0.800. The molecule has 1 heterocycles. The summed E-state index contributed by atoms with van der Waals surface area (Å²) in [5.41, 5.74) is 1.45. The molecule has 2 fully saturated rings. The molecule has 0 amide bonds. The molecule has 1 saturated carbocycles. The van der Waals surface area contributed by atoms with E-state index in [2.05, 4.69) is 25.2 Å². The number of aliphatic hydroxyl groups is 1. The predicted molar refractivity (Wildman–Crippen MR) is 94.3 cm³/mol. The SMILES string of the molecule is CC1CCCNC1COC1CCC(C2=CC=CC(O)C2C)CC1. The fourth-order valence-corrected chi connectivity index (χ4v) is 4.44. The average Bonchev–Trinajstić information content (AvgIpc) is 2.57. The van der Waals surface area contributed by atoms with Crippen molar-refractivity contribution in [2.24, 2.45) is 17.8 Å². The van der Waals surface area contributed by atoms with Crippen molar-refractivity contribution < 1.29 is 9.84 Å². The molecule has 0 spiro atoms. The van der Waals surface area contributed by atoms with E-state index in [0.717, 1.165) is 31.9 Å². The van der Waals surface area contributed by atoms with Crippen LogP contribution in [-0.4, -0.2) is 36.5 Å². The second-order valence-electron chi connectivity index (χ2n) is 7.82. The van der Waals surface area contributed by atoms with Crippen LogP contribution in [0, 0.1) is 17.8 Å². The molecule has 3 heteroatoms. The van der Waals surface area contributed by atoms with Gasteiger partial charge in [0.05, 0.1) is 18.8 Å². The maximum absolute atomic E-state index is 10.0. The zero-order valence-electron chi connectivity index (χ0n) is 14.7. The summed E-state index contributed by atoms with van der Waals surface area (Å²) < 4.78 is 6.23. The van der Waals surface area contributed by atoms with Crippen molar-refractivity contribution >= 4 is 0 Å². The van der Waals surface area contributed by atoms with Crippen molar-refractivity contribution in [2.45, 2.75) is 70.6 Å². The summed E-state index contributed by atoms with van der Waals surface area (Å²) in [6, 6.07) is 0.544. The first kappa shape index (κ1) is 17.2. The molecular formula is C20H33NO2. The van der Waals surface area contributed by atoms with Crippen molar-refractivity contribution in [1.29, 1.82) is 0 Å². The van der Waals surface area contributed by atoms with Crippen LogP contribution in [0.3, 0.4) is 0 Å². The van der Waals surface area contributed by atoms with Crippen molar-refractivity contribution in [1.82, 2.24) is 5.32 Å². The lowest BCUT2D eigenvalue weighted by molar-refractivity contribution is -0.00249. The topological polar surface area (TPSA) is 41.5 Å². The van der Waals surface area contributed by atoms with E-state index in [1.807, 2.05) is 12.2 Å². The number of nitrogens with one attached hydrogen (secondary N) is 1. The fourth-order valence-electron chi connectivity index (χ4n) is 4.44. The Morgan fingerprint density at radius 1 is 1.17 bits per heavy atom. The van der Waals surface area contributed by atoms with Gasteiger partial charge in [0.2, 0.25) is 0 Å². The van der Waals surface area contributed by atoms with Crippen LogP contribution in [-0.2, 0) is 4.74 Å². The van der Waals surface area contributed by atoms with Gasteiger partial charge in [0.1, 0.15) is 0 Å². The van der Waals surface area contributed by atoms with Crippen molar-refractivity contribution in [3.63, 3.8) is 0 Å². The van der Waals surface area contributed by atoms with Crippen LogP contribution >= 0.6 is 0 Å². The van der Waals surface area contributed by atoms with E-state index in [9.17, 15) is 5.11 Å². The number of piperidine rings is 1. The summed E-state index contributed by atoms with van der Waals surface area (Å²) >= 11 is 0. The van der Waals surface area contributed by atoms with Crippen molar-refractivity contribution in [3.8, 4) is 0 Å². The highest BCUT2D eigenvalue weighted by atomic mass is 16.5. The molecule has 3 aliphatic rings. The molecule has 4 atom stereocenters. The zero-order chi connectivity index (χ0) is 16.2. The Labute approximate surface area is 141 Å². The smallest absolute Gasteiger partial charge is 0.0786 e. The number of ether oxygens (including phenoxy) is 1. The first-order valence-electron chi connectivity index (χ1n) is 9.56. The van der Waals surface area contributed by atoms with Gasteiger partial charge in [-0.3, -0.25) is 0 Å². The van der Waals surface area contributed by atoms with Crippen LogP contribution < -0.4 is 5.32 Å². The molecular weight excluding hydrogens is 286 g/mol. The Balaban J connectivity index is 1.43. The highest BCUT2D eigenvalue weighted by molar-refractivity contribution is 5.25. The van der Waals surface area contributed by atoms with Crippen LogP contribution in [0.4, 0.5) is 0 Å². The minimum atomic E-state index is -0.303. The van der Waals surface area contributed by atoms with E-state index < -0.39 is 0 Å². The minimum Gasteiger partial charge on any atom is -0.388 e. The minimum absolute atomic E-state index is 0.273. The van der Waals surface area contributed by atoms with Crippen molar-refractivity contribution in [2.75, 3.05) is 13.2 Å². The van der Waals surface area contributed by atoms with Crippen LogP contribution in [0.25, 0.3) is 0 Å². The van der Waals surface area contributed by atoms with Crippen LogP contribution in [0.15, 0.2) is 23.8 Å². The quantitative estimate of drug-likeness (QED) is 0.834. The van der Waals surface area contributed by atoms with E-state index in [1.54, 1.807) is 0 Å². The third kappa shape index (κ3) is 4.26. The summed E-state index contributed by atoms with van der Waals surface area (Å²) in [4.78, 5) is 0. The van der Waals surface area contributed by atoms with Gasteiger partial charge >= 0.3 is 0 Å². The predicted octanol–water partition coefficient (Wildman–Crippen LogP) is 3.44. The number of hydrogen-bond donors (Lipinski definition) is 2. The van der Waals surface area contributed by atoms with Gasteiger partial charge < -0.3 is 15.2 Å². The van der Waals surface area contributed by atoms with E-state index in [1.165, 1.54) is 31.3 Å². The van der Waals surface area contributed by atoms with Gasteiger partial charge in [-0.2, -0.15) is 0 Å². The summed E-state index contributed by atoms with van der Waals surface area (Å²) in [6.45, 7) is 6.51. The molecule has 0 aromatic rings. The largest absolute Gasteiger partial charge is 0.388 e. The Hall–Kier alpha value is -0.640. The zero-order valence-corrected chi connectivity index (χ0v) is 14.7. The van der Waals surface area contributed by atoms with E-state index in [-0.39, 0.29) is 12.0 Å².